The van der Waals surface area contributed by atoms with Gasteiger partial charge in [0.25, 0.3) is 5.56 Å². The van der Waals surface area contributed by atoms with Crippen LogP contribution in [0, 0.1) is 0 Å². The van der Waals surface area contributed by atoms with E-state index >= 15 is 0 Å². The summed E-state index contributed by atoms with van der Waals surface area (Å²) in [6.45, 7) is 12.2. The van der Waals surface area contributed by atoms with Gasteiger partial charge in [-0.05, 0) is 80.3 Å². The van der Waals surface area contributed by atoms with Crippen LogP contribution in [0.25, 0.3) is 10.9 Å². The standard InChI is InChI=1S/C26H34N6O2S/c1-6-9-23(24-28-29-30-32(24)26(3,4)5)31(17-21-10-8-13-35-21)16-19-14-18-15-20(34-7-2)11-12-22(18)27-25(19)33/h8,10-15,23H,6-7,9,16-17H2,1-5H3,(H,27,33)/t23-/m1/s1. The highest BCUT2D eigenvalue weighted by Gasteiger charge is 2.30. The molecule has 1 N–H and O–H groups in total. The average molecular weight is 495 g/mol. The molecule has 186 valence electrons. The Labute approximate surface area is 209 Å². The minimum Gasteiger partial charge on any atom is -0.494 e. The summed E-state index contributed by atoms with van der Waals surface area (Å²) in [4.78, 5) is 19.7. The molecule has 1 atom stereocenters. The summed E-state index contributed by atoms with van der Waals surface area (Å²) in [5.74, 6) is 1.62. The molecule has 9 heteroatoms. The molecule has 1 aromatic carbocycles. The van der Waals surface area contributed by atoms with Crippen molar-refractivity contribution in [2.24, 2.45) is 0 Å². The van der Waals surface area contributed by atoms with E-state index in [1.54, 1.807) is 11.3 Å². The number of aromatic nitrogens is 5. The predicted octanol–water partition coefficient (Wildman–Crippen LogP) is 5.27. The Hall–Kier alpha value is -3.04. The second kappa shape index (κ2) is 10.7. The lowest BCUT2D eigenvalue weighted by Gasteiger charge is -2.32. The molecule has 0 spiro atoms. The van der Waals surface area contributed by atoms with Crippen LogP contribution in [0.2, 0.25) is 0 Å². The van der Waals surface area contributed by atoms with Gasteiger partial charge < -0.3 is 9.72 Å². The van der Waals surface area contributed by atoms with Crippen molar-refractivity contribution in [3.63, 3.8) is 0 Å². The number of fused-ring (bicyclic) bond motifs is 1. The molecule has 0 saturated carbocycles. The summed E-state index contributed by atoms with van der Waals surface area (Å²) >= 11 is 1.72. The third kappa shape index (κ3) is 5.79. The number of nitrogens with zero attached hydrogens (tertiary/aromatic N) is 5. The van der Waals surface area contributed by atoms with E-state index < -0.39 is 0 Å². The van der Waals surface area contributed by atoms with Gasteiger partial charge in [0, 0.05) is 34.4 Å². The van der Waals surface area contributed by atoms with Gasteiger partial charge in [-0.1, -0.05) is 19.4 Å². The normalized spacial score (nSPS) is 13.0. The molecular formula is C26H34N6O2S. The number of hydrogen-bond donors (Lipinski definition) is 1. The minimum absolute atomic E-state index is 0.0406. The van der Waals surface area contributed by atoms with Gasteiger partial charge in [-0.25, -0.2) is 4.68 Å². The summed E-state index contributed by atoms with van der Waals surface area (Å²) < 4.78 is 7.58. The van der Waals surface area contributed by atoms with Crippen molar-refractivity contribution < 1.29 is 4.74 Å². The molecule has 8 nitrogen and oxygen atoms in total. The maximum atomic E-state index is 13.1. The Morgan fingerprint density at radius 1 is 1.17 bits per heavy atom. The molecule has 0 bridgehead atoms. The topological polar surface area (TPSA) is 88.9 Å². The number of pyridine rings is 1. The van der Waals surface area contributed by atoms with Crippen molar-refractivity contribution in [2.45, 2.75) is 72.1 Å². The summed E-state index contributed by atoms with van der Waals surface area (Å²) in [6.07, 6.45) is 1.84. The monoisotopic (exact) mass is 494 g/mol. The third-order valence-corrected chi connectivity index (χ3v) is 6.81. The van der Waals surface area contributed by atoms with Gasteiger partial charge >= 0.3 is 0 Å². The van der Waals surface area contributed by atoms with Crippen molar-refractivity contribution in [3.05, 3.63) is 68.4 Å². The van der Waals surface area contributed by atoms with Gasteiger partial charge in [0.1, 0.15) is 5.75 Å². The van der Waals surface area contributed by atoms with E-state index in [0.717, 1.165) is 35.3 Å². The van der Waals surface area contributed by atoms with Crippen LogP contribution in [0.5, 0.6) is 5.75 Å². The highest BCUT2D eigenvalue weighted by Crippen LogP contribution is 2.31. The van der Waals surface area contributed by atoms with Crippen LogP contribution in [0.3, 0.4) is 0 Å². The number of aromatic amines is 1. The van der Waals surface area contributed by atoms with Crippen LogP contribution in [0.15, 0.2) is 46.6 Å². The molecule has 0 fully saturated rings. The molecule has 0 saturated heterocycles. The molecule has 0 aliphatic carbocycles. The fraction of sp³-hybridized carbons (Fsp3) is 0.462. The zero-order chi connectivity index (χ0) is 25.0. The summed E-state index contributed by atoms with van der Waals surface area (Å²) in [7, 11) is 0. The smallest absolute Gasteiger partial charge is 0.252 e. The summed E-state index contributed by atoms with van der Waals surface area (Å²) in [5.41, 5.74) is 1.17. The Morgan fingerprint density at radius 3 is 2.69 bits per heavy atom. The van der Waals surface area contributed by atoms with E-state index in [1.165, 1.54) is 4.88 Å². The quantitative estimate of drug-likeness (QED) is 0.323. The molecule has 3 aromatic heterocycles. The van der Waals surface area contributed by atoms with E-state index in [-0.39, 0.29) is 17.1 Å². The Kier molecular flexibility index (Phi) is 7.66. The number of nitrogens with one attached hydrogen (secondary N) is 1. The number of thiophene rings is 1. The first-order valence-corrected chi connectivity index (χ1v) is 13.0. The van der Waals surface area contributed by atoms with E-state index in [9.17, 15) is 4.79 Å². The molecule has 0 aliphatic rings. The maximum absolute atomic E-state index is 13.1. The molecule has 4 aromatic rings. The Bertz CT molecular complexity index is 1310. The van der Waals surface area contributed by atoms with Crippen LogP contribution in [-0.4, -0.2) is 36.7 Å². The van der Waals surface area contributed by atoms with E-state index in [0.29, 0.717) is 25.3 Å². The summed E-state index contributed by atoms with van der Waals surface area (Å²) in [6, 6.07) is 11.9. The van der Waals surface area contributed by atoms with Crippen LogP contribution in [0.1, 0.15) is 69.8 Å². The van der Waals surface area contributed by atoms with Gasteiger partial charge in [-0.2, -0.15) is 0 Å². The van der Waals surface area contributed by atoms with Gasteiger partial charge in [-0.3, -0.25) is 9.69 Å². The van der Waals surface area contributed by atoms with E-state index in [4.69, 9.17) is 4.74 Å². The van der Waals surface area contributed by atoms with Crippen molar-refractivity contribution in [3.8, 4) is 5.75 Å². The van der Waals surface area contributed by atoms with Crippen LogP contribution in [-0.2, 0) is 18.6 Å². The predicted molar refractivity (Wildman–Crippen MR) is 140 cm³/mol. The Balaban J connectivity index is 1.76. The van der Waals surface area contributed by atoms with E-state index in [1.807, 2.05) is 35.9 Å². The van der Waals surface area contributed by atoms with Crippen LogP contribution >= 0.6 is 11.3 Å². The lowest BCUT2D eigenvalue weighted by molar-refractivity contribution is 0.150. The largest absolute Gasteiger partial charge is 0.494 e. The highest BCUT2D eigenvalue weighted by atomic mass is 32.1. The minimum atomic E-state index is -0.254. The van der Waals surface area contributed by atoms with Gasteiger partial charge in [0.15, 0.2) is 5.82 Å². The second-order valence-corrected chi connectivity index (χ2v) is 10.7. The molecule has 0 radical (unpaired) electrons. The summed E-state index contributed by atoms with van der Waals surface area (Å²) in [5, 5.41) is 15.8. The number of ether oxygens (including phenoxy) is 1. The van der Waals surface area contributed by atoms with Crippen LogP contribution < -0.4 is 10.3 Å². The number of H-pyrrole nitrogens is 1. The van der Waals surface area contributed by atoms with Crippen molar-refractivity contribution in [2.75, 3.05) is 6.61 Å². The molecule has 3 heterocycles. The number of benzene rings is 1. The first-order chi connectivity index (χ1) is 16.8. The first-order valence-electron chi connectivity index (χ1n) is 12.1. The fourth-order valence-corrected chi connectivity index (χ4v) is 5.06. The van der Waals surface area contributed by atoms with E-state index in [2.05, 4.69) is 70.6 Å². The lowest BCUT2D eigenvalue weighted by Crippen LogP contribution is -2.35. The average Bonchev–Trinajstić information content (AvgIpc) is 3.50. The highest BCUT2D eigenvalue weighted by molar-refractivity contribution is 7.09. The van der Waals surface area contributed by atoms with Crippen molar-refractivity contribution in [1.29, 1.82) is 0 Å². The van der Waals surface area contributed by atoms with Crippen LogP contribution in [0.4, 0.5) is 0 Å². The first kappa shape index (κ1) is 25.1. The fourth-order valence-electron chi connectivity index (χ4n) is 4.33. The third-order valence-electron chi connectivity index (χ3n) is 5.95. The molecule has 4 rings (SSSR count). The lowest BCUT2D eigenvalue weighted by atomic mass is 10.0. The van der Waals surface area contributed by atoms with Gasteiger partial charge in [0.05, 0.1) is 18.2 Å². The molecule has 35 heavy (non-hydrogen) atoms. The number of tetrazole rings is 1. The van der Waals surface area contributed by atoms with Crippen molar-refractivity contribution in [1.82, 2.24) is 30.1 Å². The maximum Gasteiger partial charge on any atom is 0.252 e. The zero-order valence-corrected chi connectivity index (χ0v) is 21.9. The number of hydrogen-bond acceptors (Lipinski definition) is 7. The Morgan fingerprint density at radius 2 is 2.00 bits per heavy atom. The SMILES string of the molecule is CCC[C@H](c1nnnn1C(C)(C)C)N(Cc1cccs1)Cc1cc2cc(OCC)ccc2[nH]c1=O. The molecule has 0 aliphatic heterocycles. The molecule has 0 amide bonds. The second-order valence-electron chi connectivity index (χ2n) is 9.71. The number of rotatable bonds is 10. The molecule has 0 unspecified atom stereocenters. The van der Waals surface area contributed by atoms with Gasteiger partial charge in [-0.15, -0.1) is 16.4 Å². The van der Waals surface area contributed by atoms with Gasteiger partial charge in [0.2, 0.25) is 0 Å². The molecular weight excluding hydrogens is 460 g/mol. The van der Waals surface area contributed by atoms with Crippen molar-refractivity contribution >= 4 is 22.2 Å². The zero-order valence-electron chi connectivity index (χ0n) is 21.1.